The van der Waals surface area contributed by atoms with Gasteiger partial charge in [0.15, 0.2) is 0 Å². The number of fused-ring (bicyclic) bond motifs is 2. The molecule has 1 unspecified atom stereocenters. The lowest BCUT2D eigenvalue weighted by Gasteiger charge is -2.13. The van der Waals surface area contributed by atoms with E-state index in [4.69, 9.17) is 4.74 Å². The van der Waals surface area contributed by atoms with Crippen LogP contribution in [-0.4, -0.2) is 5.11 Å². The van der Waals surface area contributed by atoms with E-state index in [1.54, 1.807) is 0 Å². The Morgan fingerprint density at radius 3 is 2.83 bits per heavy atom. The highest BCUT2D eigenvalue weighted by Crippen LogP contribution is 2.36. The van der Waals surface area contributed by atoms with E-state index in [1.807, 2.05) is 36.4 Å². The largest absolute Gasteiger partial charge is 0.488 e. The maximum Gasteiger partial charge on any atom is 0.125 e. The van der Waals surface area contributed by atoms with Crippen LogP contribution >= 0.6 is 0 Å². The highest BCUT2D eigenvalue weighted by atomic mass is 16.5. The predicted octanol–water partition coefficient (Wildman–Crippen LogP) is 3.22. The van der Waals surface area contributed by atoms with Gasteiger partial charge in [-0.3, -0.25) is 0 Å². The van der Waals surface area contributed by atoms with E-state index >= 15 is 0 Å². The van der Waals surface area contributed by atoms with Crippen molar-refractivity contribution in [3.63, 3.8) is 0 Å². The fraction of sp³-hybridized carbons (Fsp3) is 0.250. The van der Waals surface area contributed by atoms with E-state index in [-0.39, 0.29) is 0 Å². The maximum absolute atomic E-state index is 10.5. The number of aryl methyl sites for hydroxylation is 1. The van der Waals surface area contributed by atoms with Crippen molar-refractivity contribution in [2.45, 2.75) is 26.1 Å². The zero-order valence-electron chi connectivity index (χ0n) is 10.4. The topological polar surface area (TPSA) is 29.5 Å². The Morgan fingerprint density at radius 2 is 2.00 bits per heavy atom. The lowest BCUT2D eigenvalue weighted by molar-refractivity contribution is 0.218. The second kappa shape index (κ2) is 4.46. The molecular weight excluding hydrogens is 224 g/mol. The van der Waals surface area contributed by atoms with Crippen molar-refractivity contribution in [1.82, 2.24) is 0 Å². The lowest BCUT2D eigenvalue weighted by Crippen LogP contribution is -2.01. The number of aliphatic hydroxyl groups is 1. The van der Waals surface area contributed by atoms with Crippen LogP contribution < -0.4 is 4.74 Å². The third-order valence-corrected chi connectivity index (χ3v) is 3.51. The second-order valence-corrected chi connectivity index (χ2v) is 4.62. The summed E-state index contributed by atoms with van der Waals surface area (Å²) in [5.74, 6) is 0.788. The van der Waals surface area contributed by atoms with Gasteiger partial charge >= 0.3 is 0 Å². The first-order chi connectivity index (χ1) is 8.79. The Morgan fingerprint density at radius 1 is 1.17 bits per heavy atom. The van der Waals surface area contributed by atoms with Crippen molar-refractivity contribution in [3.05, 3.63) is 64.7 Å². The van der Waals surface area contributed by atoms with Crippen LogP contribution in [0.25, 0.3) is 0 Å². The number of aliphatic hydroxyl groups excluding tert-OH is 1. The maximum atomic E-state index is 10.5. The van der Waals surface area contributed by atoms with E-state index in [2.05, 4.69) is 13.0 Å². The third kappa shape index (κ3) is 1.79. The van der Waals surface area contributed by atoms with E-state index in [0.717, 1.165) is 28.9 Å². The zero-order valence-corrected chi connectivity index (χ0v) is 10.4. The van der Waals surface area contributed by atoms with E-state index in [0.29, 0.717) is 6.61 Å². The first-order valence-electron chi connectivity index (χ1n) is 6.31. The van der Waals surface area contributed by atoms with Gasteiger partial charge in [-0.25, -0.2) is 0 Å². The van der Waals surface area contributed by atoms with Gasteiger partial charge in [0.1, 0.15) is 18.5 Å². The van der Waals surface area contributed by atoms with Gasteiger partial charge < -0.3 is 9.84 Å². The van der Waals surface area contributed by atoms with Gasteiger partial charge in [0.05, 0.1) is 0 Å². The highest BCUT2D eigenvalue weighted by molar-refractivity contribution is 5.46. The zero-order chi connectivity index (χ0) is 12.5. The average Bonchev–Trinajstić information content (AvgIpc) is 2.57. The van der Waals surface area contributed by atoms with E-state index in [9.17, 15) is 5.11 Å². The summed E-state index contributed by atoms with van der Waals surface area (Å²) in [6.07, 6.45) is 0.368. The number of hydrogen-bond acceptors (Lipinski definition) is 2. The smallest absolute Gasteiger partial charge is 0.125 e. The molecule has 0 saturated carbocycles. The minimum absolute atomic E-state index is 0.520. The standard InChI is InChI=1S/C16H16O2/c1-2-11-7-8-15-14(9-11)16(17)13-6-4-3-5-12(13)10-18-15/h3-9,16-17H,2,10H2,1H3. The molecule has 18 heavy (non-hydrogen) atoms. The van der Waals surface area contributed by atoms with Crippen LogP contribution in [-0.2, 0) is 13.0 Å². The van der Waals surface area contributed by atoms with Crippen molar-refractivity contribution in [2.24, 2.45) is 0 Å². The summed E-state index contributed by atoms with van der Waals surface area (Å²) < 4.78 is 5.78. The minimum Gasteiger partial charge on any atom is -0.488 e. The van der Waals surface area contributed by atoms with Crippen LogP contribution in [0.3, 0.4) is 0 Å². The Labute approximate surface area is 107 Å². The fourth-order valence-corrected chi connectivity index (χ4v) is 2.42. The second-order valence-electron chi connectivity index (χ2n) is 4.62. The molecule has 1 heterocycles. The van der Waals surface area contributed by atoms with Crippen molar-refractivity contribution >= 4 is 0 Å². The van der Waals surface area contributed by atoms with E-state index < -0.39 is 6.10 Å². The SMILES string of the molecule is CCc1ccc2c(c1)C(O)c1ccccc1CO2. The molecule has 0 bridgehead atoms. The van der Waals surface area contributed by atoms with Gasteiger partial charge in [0, 0.05) is 5.56 Å². The van der Waals surface area contributed by atoms with Gasteiger partial charge in [-0.2, -0.15) is 0 Å². The highest BCUT2D eigenvalue weighted by Gasteiger charge is 2.22. The molecule has 2 heteroatoms. The molecule has 2 aromatic rings. The van der Waals surface area contributed by atoms with E-state index in [1.165, 1.54) is 5.56 Å². The van der Waals surface area contributed by atoms with Gasteiger partial charge in [-0.15, -0.1) is 0 Å². The Balaban J connectivity index is 2.14. The average molecular weight is 240 g/mol. The van der Waals surface area contributed by atoms with Crippen LogP contribution in [0, 0.1) is 0 Å². The molecule has 1 atom stereocenters. The molecule has 2 aromatic carbocycles. The molecule has 1 aliphatic heterocycles. The molecule has 0 saturated heterocycles. The predicted molar refractivity (Wildman–Crippen MR) is 70.7 cm³/mol. The number of hydrogen-bond donors (Lipinski definition) is 1. The molecule has 0 amide bonds. The number of ether oxygens (including phenoxy) is 1. The monoisotopic (exact) mass is 240 g/mol. The van der Waals surface area contributed by atoms with Gasteiger partial charge in [-0.05, 0) is 35.2 Å². The molecule has 0 radical (unpaired) electrons. The summed E-state index contributed by atoms with van der Waals surface area (Å²) in [5, 5.41) is 10.5. The Bertz CT molecular complexity index is 575. The van der Waals surface area contributed by atoms with Crippen molar-refractivity contribution in [3.8, 4) is 5.75 Å². The van der Waals surface area contributed by atoms with Crippen molar-refractivity contribution in [1.29, 1.82) is 0 Å². The van der Waals surface area contributed by atoms with Crippen LogP contribution in [0.1, 0.15) is 35.3 Å². The fourth-order valence-electron chi connectivity index (χ4n) is 2.42. The van der Waals surface area contributed by atoms with Crippen LogP contribution in [0.4, 0.5) is 0 Å². The van der Waals surface area contributed by atoms with Crippen molar-refractivity contribution in [2.75, 3.05) is 0 Å². The van der Waals surface area contributed by atoms with Gasteiger partial charge in [0.25, 0.3) is 0 Å². The molecule has 0 aliphatic carbocycles. The molecule has 1 N–H and O–H groups in total. The van der Waals surface area contributed by atoms with Crippen LogP contribution in [0.15, 0.2) is 42.5 Å². The van der Waals surface area contributed by atoms with Crippen molar-refractivity contribution < 1.29 is 9.84 Å². The molecule has 3 rings (SSSR count). The molecule has 92 valence electrons. The molecule has 1 aliphatic rings. The summed E-state index contributed by atoms with van der Waals surface area (Å²) in [7, 11) is 0. The Kier molecular flexibility index (Phi) is 2.80. The number of rotatable bonds is 1. The first kappa shape index (κ1) is 11.3. The molecule has 0 aromatic heterocycles. The minimum atomic E-state index is -0.592. The molecule has 2 nitrogen and oxygen atoms in total. The van der Waals surface area contributed by atoms with Gasteiger partial charge in [-0.1, -0.05) is 37.3 Å². The summed E-state index contributed by atoms with van der Waals surface area (Å²) in [6.45, 7) is 2.63. The van der Waals surface area contributed by atoms with Gasteiger partial charge in [0.2, 0.25) is 0 Å². The van der Waals surface area contributed by atoms with Crippen LogP contribution in [0.2, 0.25) is 0 Å². The quantitative estimate of drug-likeness (QED) is 0.829. The molecule has 0 spiro atoms. The summed E-state index contributed by atoms with van der Waals surface area (Å²) in [5.41, 5.74) is 4.10. The normalized spacial score (nSPS) is 17.3. The molecule has 0 fully saturated rings. The first-order valence-corrected chi connectivity index (χ1v) is 6.31. The number of benzene rings is 2. The third-order valence-electron chi connectivity index (χ3n) is 3.51. The summed E-state index contributed by atoms with van der Waals surface area (Å²) in [6, 6.07) is 14.0. The van der Waals surface area contributed by atoms with Crippen LogP contribution in [0.5, 0.6) is 5.75 Å². The molecular formula is C16H16O2. The lowest BCUT2D eigenvalue weighted by atomic mass is 9.96. The summed E-state index contributed by atoms with van der Waals surface area (Å²) >= 11 is 0. The Hall–Kier alpha value is -1.80. The summed E-state index contributed by atoms with van der Waals surface area (Å²) in [4.78, 5) is 0.